The minimum absolute atomic E-state index is 0.0888. The fourth-order valence-corrected chi connectivity index (χ4v) is 4.19. The number of amides is 2. The lowest BCUT2D eigenvalue weighted by Gasteiger charge is -2.11. The maximum Gasteiger partial charge on any atom is 0.261 e. The van der Waals surface area contributed by atoms with Gasteiger partial charge in [-0.1, -0.05) is 29.8 Å². The van der Waals surface area contributed by atoms with Gasteiger partial charge in [-0.25, -0.2) is 8.42 Å². The predicted octanol–water partition coefficient (Wildman–Crippen LogP) is 3.91. The zero-order chi connectivity index (χ0) is 23.8. The molecule has 0 atom stereocenters. The average Bonchev–Trinajstić information content (AvgIpc) is 2.80. The van der Waals surface area contributed by atoms with E-state index in [0.717, 1.165) is 0 Å². The van der Waals surface area contributed by atoms with Crippen LogP contribution in [0, 0.1) is 0 Å². The van der Waals surface area contributed by atoms with Crippen LogP contribution in [0.4, 0.5) is 11.4 Å². The van der Waals surface area contributed by atoms with Crippen LogP contribution in [0.1, 0.15) is 17.3 Å². The summed E-state index contributed by atoms with van der Waals surface area (Å²) in [5.74, 6) is -0.342. The lowest BCUT2D eigenvalue weighted by atomic mass is 10.2. The Balaban J connectivity index is 1.61. The second-order valence-electron chi connectivity index (χ2n) is 6.80. The Morgan fingerprint density at radius 2 is 1.70 bits per heavy atom. The number of sulfonamides is 1. The van der Waals surface area contributed by atoms with Crippen LogP contribution >= 0.6 is 11.6 Å². The third kappa shape index (κ3) is 6.71. The monoisotopic (exact) mass is 487 g/mol. The molecule has 0 radical (unpaired) electrons. The molecule has 0 saturated heterocycles. The first-order valence-electron chi connectivity index (χ1n) is 9.97. The van der Waals surface area contributed by atoms with Crippen LogP contribution in [0.2, 0.25) is 5.02 Å². The van der Waals surface area contributed by atoms with E-state index in [0.29, 0.717) is 18.0 Å². The van der Waals surface area contributed by atoms with E-state index in [2.05, 4.69) is 15.4 Å². The van der Waals surface area contributed by atoms with Crippen LogP contribution in [0.3, 0.4) is 0 Å². The summed E-state index contributed by atoms with van der Waals surface area (Å²) in [7, 11) is -3.98. The first-order chi connectivity index (χ1) is 15.8. The van der Waals surface area contributed by atoms with Gasteiger partial charge in [0.15, 0.2) is 0 Å². The molecule has 2 amide bonds. The van der Waals surface area contributed by atoms with Gasteiger partial charge in [0, 0.05) is 11.3 Å². The van der Waals surface area contributed by atoms with Crippen molar-refractivity contribution in [2.45, 2.75) is 11.8 Å². The fourth-order valence-electron chi connectivity index (χ4n) is 2.82. The van der Waals surface area contributed by atoms with Gasteiger partial charge in [0.2, 0.25) is 5.91 Å². The number of para-hydroxylation sites is 1. The van der Waals surface area contributed by atoms with Crippen LogP contribution in [0.5, 0.6) is 5.75 Å². The van der Waals surface area contributed by atoms with E-state index in [-0.39, 0.29) is 27.7 Å². The van der Waals surface area contributed by atoms with Gasteiger partial charge < -0.3 is 15.4 Å². The highest BCUT2D eigenvalue weighted by atomic mass is 35.5. The molecule has 0 saturated carbocycles. The molecule has 172 valence electrons. The van der Waals surface area contributed by atoms with Crippen LogP contribution in [0.25, 0.3) is 0 Å². The smallest absolute Gasteiger partial charge is 0.261 e. The second kappa shape index (κ2) is 10.8. The van der Waals surface area contributed by atoms with Crippen molar-refractivity contribution in [1.29, 1.82) is 0 Å². The van der Waals surface area contributed by atoms with Crippen molar-refractivity contribution in [3.05, 3.63) is 83.4 Å². The number of nitrogens with one attached hydrogen (secondary N) is 3. The highest BCUT2D eigenvalue weighted by Gasteiger charge is 2.18. The number of benzene rings is 3. The molecule has 10 heteroatoms. The number of hydrogen-bond donors (Lipinski definition) is 3. The Hall–Kier alpha value is -3.56. The van der Waals surface area contributed by atoms with Gasteiger partial charge in [0.1, 0.15) is 5.75 Å². The fraction of sp³-hybridized carbons (Fsp3) is 0.130. The topological polar surface area (TPSA) is 114 Å². The first-order valence-corrected chi connectivity index (χ1v) is 11.8. The molecule has 3 aromatic rings. The molecule has 0 aliphatic heterocycles. The van der Waals surface area contributed by atoms with E-state index in [1.54, 1.807) is 42.5 Å². The molecule has 0 aliphatic rings. The summed E-state index contributed by atoms with van der Waals surface area (Å²) in [5.41, 5.74) is 0.863. The molecule has 3 N–H and O–H groups in total. The van der Waals surface area contributed by atoms with Gasteiger partial charge in [-0.05, 0) is 61.5 Å². The molecule has 0 fully saturated rings. The van der Waals surface area contributed by atoms with E-state index in [1.165, 1.54) is 30.3 Å². The standard InChI is InChI=1S/C23H22ClN3O5S/c1-2-32-18-12-10-17(11-13-18)26-22(28)15-25-23(29)16-6-5-7-19(14-16)33(30,31)27-21-9-4-3-8-20(21)24/h3-14,27H,2,15H2,1H3,(H,25,29)(H,26,28). The lowest BCUT2D eigenvalue weighted by Crippen LogP contribution is -2.33. The quantitative estimate of drug-likeness (QED) is 0.423. The Bertz CT molecular complexity index is 1250. The molecule has 0 aliphatic carbocycles. The zero-order valence-corrected chi connectivity index (χ0v) is 19.2. The molecule has 33 heavy (non-hydrogen) atoms. The van der Waals surface area contributed by atoms with Crippen LogP contribution < -0.4 is 20.1 Å². The molecular formula is C23H22ClN3O5S. The normalized spacial score (nSPS) is 10.8. The van der Waals surface area contributed by atoms with Crippen molar-refractivity contribution in [2.75, 3.05) is 23.2 Å². The summed E-state index contributed by atoms with van der Waals surface area (Å²) in [6.07, 6.45) is 0. The summed E-state index contributed by atoms with van der Waals surface area (Å²) in [6.45, 7) is 2.12. The molecule has 0 spiro atoms. The minimum atomic E-state index is -3.98. The maximum absolute atomic E-state index is 12.7. The summed E-state index contributed by atoms with van der Waals surface area (Å²) in [5, 5.41) is 5.38. The molecule has 8 nitrogen and oxygen atoms in total. The Labute approximate surface area is 197 Å². The number of carbonyl (C=O) groups excluding carboxylic acids is 2. The zero-order valence-electron chi connectivity index (χ0n) is 17.7. The van der Waals surface area contributed by atoms with E-state index in [1.807, 2.05) is 6.92 Å². The highest BCUT2D eigenvalue weighted by molar-refractivity contribution is 7.92. The van der Waals surface area contributed by atoms with Crippen LogP contribution in [-0.2, 0) is 14.8 Å². The van der Waals surface area contributed by atoms with Crippen molar-refractivity contribution in [1.82, 2.24) is 5.32 Å². The Morgan fingerprint density at radius 1 is 0.970 bits per heavy atom. The predicted molar refractivity (Wildman–Crippen MR) is 127 cm³/mol. The summed E-state index contributed by atoms with van der Waals surface area (Å²) in [4.78, 5) is 24.5. The summed E-state index contributed by atoms with van der Waals surface area (Å²) < 4.78 is 33.1. The SMILES string of the molecule is CCOc1ccc(NC(=O)CNC(=O)c2cccc(S(=O)(=O)Nc3ccccc3Cl)c2)cc1. The van der Waals surface area contributed by atoms with Gasteiger partial charge in [-0.3, -0.25) is 14.3 Å². The Morgan fingerprint density at radius 3 is 2.39 bits per heavy atom. The number of hydrogen-bond acceptors (Lipinski definition) is 5. The van der Waals surface area contributed by atoms with E-state index >= 15 is 0 Å². The number of carbonyl (C=O) groups is 2. The molecule has 0 unspecified atom stereocenters. The summed E-state index contributed by atoms with van der Waals surface area (Å²) >= 11 is 6.01. The van der Waals surface area contributed by atoms with Crippen LogP contribution in [0.15, 0.2) is 77.7 Å². The van der Waals surface area contributed by atoms with Gasteiger partial charge in [0.25, 0.3) is 15.9 Å². The Kier molecular flexibility index (Phi) is 7.92. The molecule has 0 bridgehead atoms. The molecule has 0 heterocycles. The van der Waals surface area contributed by atoms with E-state index < -0.39 is 21.8 Å². The number of anilines is 2. The van der Waals surface area contributed by atoms with Crippen molar-refractivity contribution in [3.8, 4) is 5.75 Å². The van der Waals surface area contributed by atoms with Gasteiger partial charge in [0.05, 0.1) is 28.8 Å². The number of halogens is 1. The number of rotatable bonds is 9. The molecule has 0 aromatic heterocycles. The van der Waals surface area contributed by atoms with E-state index in [9.17, 15) is 18.0 Å². The third-order valence-corrected chi connectivity index (χ3v) is 6.08. The number of ether oxygens (including phenoxy) is 1. The van der Waals surface area contributed by atoms with Crippen molar-refractivity contribution < 1.29 is 22.7 Å². The van der Waals surface area contributed by atoms with Gasteiger partial charge >= 0.3 is 0 Å². The van der Waals surface area contributed by atoms with E-state index in [4.69, 9.17) is 16.3 Å². The third-order valence-electron chi connectivity index (χ3n) is 4.38. The summed E-state index contributed by atoms with van der Waals surface area (Å²) in [6, 6.07) is 18.7. The average molecular weight is 488 g/mol. The van der Waals surface area contributed by atoms with Crippen molar-refractivity contribution in [3.63, 3.8) is 0 Å². The largest absolute Gasteiger partial charge is 0.494 e. The lowest BCUT2D eigenvalue weighted by molar-refractivity contribution is -0.115. The minimum Gasteiger partial charge on any atom is -0.494 e. The highest BCUT2D eigenvalue weighted by Crippen LogP contribution is 2.24. The molecule has 3 rings (SSSR count). The maximum atomic E-state index is 12.7. The van der Waals surface area contributed by atoms with Crippen molar-refractivity contribution in [2.24, 2.45) is 0 Å². The van der Waals surface area contributed by atoms with Gasteiger partial charge in [-0.2, -0.15) is 0 Å². The van der Waals surface area contributed by atoms with Crippen molar-refractivity contribution >= 4 is 44.8 Å². The van der Waals surface area contributed by atoms with Gasteiger partial charge in [-0.15, -0.1) is 0 Å². The van der Waals surface area contributed by atoms with Crippen LogP contribution in [-0.4, -0.2) is 33.4 Å². The first kappa shape index (κ1) is 24.1. The molecular weight excluding hydrogens is 466 g/mol. The molecule has 3 aromatic carbocycles. The second-order valence-corrected chi connectivity index (χ2v) is 8.89.